The summed E-state index contributed by atoms with van der Waals surface area (Å²) in [6.45, 7) is 1.71. The van der Waals surface area contributed by atoms with E-state index in [0.29, 0.717) is 12.5 Å². The van der Waals surface area contributed by atoms with Gasteiger partial charge < -0.3 is 15.1 Å². The van der Waals surface area contributed by atoms with Crippen LogP contribution in [0.2, 0.25) is 0 Å². The fourth-order valence-corrected chi connectivity index (χ4v) is 1.56. The summed E-state index contributed by atoms with van der Waals surface area (Å²) in [7, 11) is 1.80. The standard InChI is InChI=1S/C11H22N2O3/c1-3-11(7-14,8-15)12-6-10(16)13(2)9-4-5-9/h9,12,14-15H,3-8H2,1-2H3. The number of aliphatic hydroxyl groups excluding tert-OH is 2. The molecule has 0 atom stereocenters. The molecule has 0 spiro atoms. The molecule has 1 fully saturated rings. The first-order valence-electron chi connectivity index (χ1n) is 5.81. The summed E-state index contributed by atoms with van der Waals surface area (Å²) in [4.78, 5) is 13.5. The van der Waals surface area contributed by atoms with Crippen LogP contribution in [0.25, 0.3) is 0 Å². The fraction of sp³-hybridized carbons (Fsp3) is 0.909. The second-order valence-electron chi connectivity index (χ2n) is 4.54. The van der Waals surface area contributed by atoms with Gasteiger partial charge in [0.2, 0.25) is 5.91 Å². The Bertz CT molecular complexity index is 229. The van der Waals surface area contributed by atoms with E-state index in [1.807, 2.05) is 6.92 Å². The number of hydrogen-bond donors (Lipinski definition) is 3. The minimum absolute atomic E-state index is 0.0159. The Hall–Kier alpha value is -0.650. The molecular weight excluding hydrogens is 208 g/mol. The molecule has 94 valence electrons. The molecule has 1 aliphatic rings. The molecule has 5 nitrogen and oxygen atoms in total. The fourth-order valence-electron chi connectivity index (χ4n) is 1.56. The van der Waals surface area contributed by atoms with Gasteiger partial charge in [0, 0.05) is 13.1 Å². The Morgan fingerprint density at radius 2 is 2.00 bits per heavy atom. The summed E-state index contributed by atoms with van der Waals surface area (Å²) < 4.78 is 0. The van der Waals surface area contributed by atoms with E-state index >= 15 is 0 Å². The molecule has 1 rings (SSSR count). The first kappa shape index (κ1) is 13.4. The second-order valence-corrected chi connectivity index (χ2v) is 4.54. The lowest BCUT2D eigenvalue weighted by Crippen LogP contribution is -2.54. The number of nitrogens with zero attached hydrogens (tertiary/aromatic N) is 1. The Balaban J connectivity index is 2.38. The Labute approximate surface area is 96.4 Å². The van der Waals surface area contributed by atoms with Crippen LogP contribution in [0.1, 0.15) is 26.2 Å². The Morgan fingerprint density at radius 3 is 2.38 bits per heavy atom. The van der Waals surface area contributed by atoms with E-state index in [2.05, 4.69) is 5.32 Å². The number of amides is 1. The van der Waals surface area contributed by atoms with E-state index in [0.717, 1.165) is 12.8 Å². The molecule has 0 aliphatic heterocycles. The molecule has 1 saturated carbocycles. The van der Waals surface area contributed by atoms with E-state index in [-0.39, 0.29) is 25.7 Å². The number of hydrogen-bond acceptors (Lipinski definition) is 4. The molecule has 0 unspecified atom stereocenters. The summed E-state index contributed by atoms with van der Waals surface area (Å²) >= 11 is 0. The average Bonchev–Trinajstić information content (AvgIpc) is 3.14. The molecular formula is C11H22N2O3. The van der Waals surface area contributed by atoms with E-state index in [9.17, 15) is 15.0 Å². The first-order valence-corrected chi connectivity index (χ1v) is 5.81. The van der Waals surface area contributed by atoms with Crippen LogP contribution in [0, 0.1) is 0 Å². The topological polar surface area (TPSA) is 72.8 Å². The van der Waals surface area contributed by atoms with Crippen molar-refractivity contribution in [3.8, 4) is 0 Å². The third kappa shape index (κ3) is 3.17. The highest BCUT2D eigenvalue weighted by Crippen LogP contribution is 2.25. The smallest absolute Gasteiger partial charge is 0.236 e. The molecule has 0 aromatic heterocycles. The van der Waals surface area contributed by atoms with Gasteiger partial charge in [-0.25, -0.2) is 0 Å². The van der Waals surface area contributed by atoms with Crippen molar-refractivity contribution in [3.05, 3.63) is 0 Å². The maximum Gasteiger partial charge on any atom is 0.236 e. The predicted octanol–water partition coefficient (Wildman–Crippen LogP) is -0.670. The van der Waals surface area contributed by atoms with Crippen LogP contribution < -0.4 is 5.32 Å². The monoisotopic (exact) mass is 230 g/mol. The van der Waals surface area contributed by atoms with Gasteiger partial charge in [-0.05, 0) is 19.3 Å². The number of carbonyl (C=O) groups is 1. The SMILES string of the molecule is CCC(CO)(CO)NCC(=O)N(C)C1CC1. The van der Waals surface area contributed by atoms with Crippen molar-refractivity contribution in [1.29, 1.82) is 0 Å². The molecule has 5 heteroatoms. The largest absolute Gasteiger partial charge is 0.394 e. The lowest BCUT2D eigenvalue weighted by Gasteiger charge is -2.30. The normalized spacial score (nSPS) is 16.2. The van der Waals surface area contributed by atoms with Crippen molar-refractivity contribution in [2.45, 2.75) is 37.8 Å². The summed E-state index contributed by atoms with van der Waals surface area (Å²) in [5.74, 6) is 0.0159. The van der Waals surface area contributed by atoms with E-state index < -0.39 is 5.54 Å². The quantitative estimate of drug-likeness (QED) is 0.542. The highest BCUT2D eigenvalue weighted by atomic mass is 16.3. The maximum atomic E-state index is 11.7. The molecule has 0 bridgehead atoms. The van der Waals surface area contributed by atoms with Crippen molar-refractivity contribution in [2.75, 3.05) is 26.8 Å². The van der Waals surface area contributed by atoms with Gasteiger partial charge in [0.25, 0.3) is 0 Å². The molecule has 0 heterocycles. The van der Waals surface area contributed by atoms with Crippen LogP contribution in [-0.4, -0.2) is 59.4 Å². The second kappa shape index (κ2) is 5.61. The predicted molar refractivity (Wildman–Crippen MR) is 61.0 cm³/mol. The zero-order chi connectivity index (χ0) is 12.2. The summed E-state index contributed by atoms with van der Waals surface area (Å²) in [6.07, 6.45) is 2.75. The average molecular weight is 230 g/mol. The van der Waals surface area contributed by atoms with Gasteiger partial charge in [0.1, 0.15) is 0 Å². The van der Waals surface area contributed by atoms with Crippen LogP contribution in [0.15, 0.2) is 0 Å². The van der Waals surface area contributed by atoms with Gasteiger partial charge in [0.05, 0.1) is 25.3 Å². The molecule has 0 saturated heterocycles. The highest BCUT2D eigenvalue weighted by molar-refractivity contribution is 5.78. The van der Waals surface area contributed by atoms with Gasteiger partial charge in [-0.3, -0.25) is 10.1 Å². The van der Waals surface area contributed by atoms with Crippen molar-refractivity contribution in [3.63, 3.8) is 0 Å². The number of carbonyl (C=O) groups excluding carboxylic acids is 1. The molecule has 0 aromatic carbocycles. The van der Waals surface area contributed by atoms with E-state index in [1.165, 1.54) is 0 Å². The summed E-state index contributed by atoms with van der Waals surface area (Å²) in [6, 6.07) is 0.397. The third-order valence-corrected chi connectivity index (χ3v) is 3.38. The minimum Gasteiger partial charge on any atom is -0.394 e. The van der Waals surface area contributed by atoms with Crippen LogP contribution >= 0.6 is 0 Å². The van der Waals surface area contributed by atoms with Crippen LogP contribution in [0.3, 0.4) is 0 Å². The summed E-state index contributed by atoms with van der Waals surface area (Å²) in [5.41, 5.74) is -0.736. The van der Waals surface area contributed by atoms with E-state index in [4.69, 9.17) is 0 Å². The van der Waals surface area contributed by atoms with Gasteiger partial charge in [-0.1, -0.05) is 6.92 Å². The lowest BCUT2D eigenvalue weighted by molar-refractivity contribution is -0.130. The highest BCUT2D eigenvalue weighted by Gasteiger charge is 2.31. The van der Waals surface area contributed by atoms with Gasteiger partial charge in [-0.2, -0.15) is 0 Å². The van der Waals surface area contributed by atoms with Gasteiger partial charge in [-0.15, -0.1) is 0 Å². The van der Waals surface area contributed by atoms with Crippen LogP contribution in [0.5, 0.6) is 0 Å². The number of likely N-dealkylation sites (N-methyl/N-ethyl adjacent to an activating group) is 1. The zero-order valence-electron chi connectivity index (χ0n) is 10.1. The molecule has 3 N–H and O–H groups in total. The van der Waals surface area contributed by atoms with Crippen molar-refractivity contribution < 1.29 is 15.0 Å². The van der Waals surface area contributed by atoms with Crippen molar-refractivity contribution >= 4 is 5.91 Å². The van der Waals surface area contributed by atoms with Crippen LogP contribution in [-0.2, 0) is 4.79 Å². The molecule has 0 aromatic rings. The number of aliphatic hydroxyl groups is 2. The zero-order valence-corrected chi connectivity index (χ0v) is 10.1. The maximum absolute atomic E-state index is 11.7. The number of rotatable bonds is 7. The van der Waals surface area contributed by atoms with Crippen LogP contribution in [0.4, 0.5) is 0 Å². The number of nitrogens with one attached hydrogen (secondary N) is 1. The third-order valence-electron chi connectivity index (χ3n) is 3.38. The molecule has 0 radical (unpaired) electrons. The molecule has 1 aliphatic carbocycles. The van der Waals surface area contributed by atoms with Gasteiger partial charge in [0.15, 0.2) is 0 Å². The van der Waals surface area contributed by atoms with E-state index in [1.54, 1.807) is 11.9 Å². The van der Waals surface area contributed by atoms with Crippen molar-refractivity contribution in [2.24, 2.45) is 0 Å². The molecule has 1 amide bonds. The molecule has 16 heavy (non-hydrogen) atoms. The van der Waals surface area contributed by atoms with Gasteiger partial charge >= 0.3 is 0 Å². The minimum atomic E-state index is -0.736. The summed E-state index contributed by atoms with van der Waals surface area (Å²) in [5, 5.41) is 21.4. The first-order chi connectivity index (χ1) is 7.58. The van der Waals surface area contributed by atoms with Crippen molar-refractivity contribution in [1.82, 2.24) is 10.2 Å². The Kier molecular flexibility index (Phi) is 4.70. The Morgan fingerprint density at radius 1 is 1.44 bits per heavy atom. The lowest BCUT2D eigenvalue weighted by atomic mass is 9.98.